The third-order valence-electron chi connectivity index (χ3n) is 2.68. The third-order valence-corrected chi connectivity index (χ3v) is 3.76. The second-order valence-corrected chi connectivity index (χ2v) is 5.16. The highest BCUT2D eigenvalue weighted by molar-refractivity contribution is 7.98. The van der Waals surface area contributed by atoms with Crippen LogP contribution in [-0.4, -0.2) is 16.5 Å². The molecule has 0 aliphatic heterocycles. The van der Waals surface area contributed by atoms with Crippen LogP contribution in [0.15, 0.2) is 47.6 Å². The van der Waals surface area contributed by atoms with Crippen molar-refractivity contribution in [2.24, 2.45) is 0 Å². The number of hydrogen-bond donors (Lipinski definition) is 1. The lowest BCUT2D eigenvalue weighted by atomic mass is 10.2. The minimum Gasteiger partial charge on any atom is -0.380 e. The largest absolute Gasteiger partial charge is 0.380 e. The number of nitrogens with one attached hydrogen (secondary N) is 1. The maximum atomic E-state index is 11.1. The number of thioether (sulfide) groups is 1. The topological polar surface area (TPSA) is 68.1 Å². The van der Waals surface area contributed by atoms with Crippen molar-refractivity contribution in [2.75, 3.05) is 11.9 Å². The number of nitrogens with zero attached hydrogens (tertiary/aromatic N) is 2. The predicted molar refractivity (Wildman–Crippen MR) is 81.1 cm³/mol. The van der Waals surface area contributed by atoms with E-state index in [4.69, 9.17) is 0 Å². The fourth-order valence-corrected chi connectivity index (χ4v) is 2.59. The molecule has 2 aromatic rings. The summed E-state index contributed by atoms with van der Waals surface area (Å²) >= 11 is 1.63. The zero-order chi connectivity index (χ0) is 14.4. The molecule has 1 N–H and O–H groups in total. The van der Waals surface area contributed by atoms with Crippen LogP contribution in [0.1, 0.15) is 12.5 Å². The number of anilines is 1. The summed E-state index contributed by atoms with van der Waals surface area (Å²) in [5, 5.41) is 14.1. The van der Waals surface area contributed by atoms with Gasteiger partial charge in [-0.05, 0) is 30.7 Å². The number of benzene rings is 1. The Labute approximate surface area is 121 Å². The Hall–Kier alpha value is -2.08. The molecule has 0 unspecified atom stereocenters. The van der Waals surface area contributed by atoms with Crippen molar-refractivity contribution in [3.8, 4) is 0 Å². The Balaban J connectivity index is 2.13. The van der Waals surface area contributed by atoms with Gasteiger partial charge in [0.1, 0.15) is 5.69 Å². The van der Waals surface area contributed by atoms with Crippen LogP contribution < -0.4 is 5.32 Å². The fourth-order valence-electron chi connectivity index (χ4n) is 1.76. The van der Waals surface area contributed by atoms with Gasteiger partial charge in [0.05, 0.1) is 4.92 Å². The van der Waals surface area contributed by atoms with Crippen LogP contribution in [0.4, 0.5) is 11.4 Å². The number of nitro groups is 1. The van der Waals surface area contributed by atoms with Crippen LogP contribution in [-0.2, 0) is 5.75 Å². The molecule has 0 saturated heterocycles. The van der Waals surface area contributed by atoms with E-state index in [2.05, 4.69) is 10.3 Å². The van der Waals surface area contributed by atoms with Crippen molar-refractivity contribution in [3.63, 3.8) is 0 Å². The van der Waals surface area contributed by atoms with Gasteiger partial charge < -0.3 is 5.32 Å². The summed E-state index contributed by atoms with van der Waals surface area (Å²) in [4.78, 5) is 15.8. The third kappa shape index (κ3) is 3.71. The first kappa shape index (κ1) is 14.3. The molecule has 0 radical (unpaired) electrons. The molecule has 2 rings (SSSR count). The van der Waals surface area contributed by atoms with E-state index in [1.807, 2.05) is 25.1 Å². The van der Waals surface area contributed by atoms with Crippen molar-refractivity contribution in [1.29, 1.82) is 0 Å². The Morgan fingerprint density at radius 1 is 1.30 bits per heavy atom. The molecule has 0 bridgehead atoms. The second kappa shape index (κ2) is 6.91. The summed E-state index contributed by atoms with van der Waals surface area (Å²) in [6, 6.07) is 9.16. The summed E-state index contributed by atoms with van der Waals surface area (Å²) in [7, 11) is 0. The Kier molecular flexibility index (Phi) is 4.95. The average Bonchev–Trinajstić information content (AvgIpc) is 2.47. The minimum atomic E-state index is -0.349. The van der Waals surface area contributed by atoms with Crippen LogP contribution in [0, 0.1) is 10.1 Å². The van der Waals surface area contributed by atoms with Crippen molar-refractivity contribution >= 4 is 23.1 Å². The number of pyridine rings is 1. The van der Waals surface area contributed by atoms with Crippen LogP contribution in [0.3, 0.4) is 0 Å². The molecular weight excluding hydrogens is 274 g/mol. The molecule has 0 atom stereocenters. The zero-order valence-electron chi connectivity index (χ0n) is 11.1. The van der Waals surface area contributed by atoms with Gasteiger partial charge in [0.25, 0.3) is 5.69 Å². The lowest BCUT2D eigenvalue weighted by Gasteiger charge is -2.07. The molecule has 104 valence electrons. The van der Waals surface area contributed by atoms with E-state index < -0.39 is 0 Å². The molecule has 0 spiro atoms. The standard InChI is InChI=1S/C14H15N3O2S/c1-2-16-13-4-3-11(9-14(13)17(18)19)10-20-12-5-7-15-8-6-12/h3-9,16H,2,10H2,1H3. The van der Waals surface area contributed by atoms with Gasteiger partial charge >= 0.3 is 0 Å². The zero-order valence-corrected chi connectivity index (χ0v) is 11.9. The monoisotopic (exact) mass is 289 g/mol. The van der Waals surface area contributed by atoms with Gasteiger partial charge in [0.2, 0.25) is 0 Å². The smallest absolute Gasteiger partial charge is 0.292 e. The first-order chi connectivity index (χ1) is 9.70. The maximum absolute atomic E-state index is 11.1. The quantitative estimate of drug-likeness (QED) is 0.499. The van der Waals surface area contributed by atoms with Gasteiger partial charge in [-0.25, -0.2) is 0 Å². The van der Waals surface area contributed by atoms with Gasteiger partial charge in [-0.15, -0.1) is 11.8 Å². The predicted octanol–water partition coefficient (Wildman–Crippen LogP) is 3.71. The Bertz CT molecular complexity index is 590. The van der Waals surface area contributed by atoms with Gasteiger partial charge in [-0.3, -0.25) is 15.1 Å². The molecule has 0 aliphatic rings. The molecule has 0 fully saturated rings. The van der Waals surface area contributed by atoms with E-state index in [-0.39, 0.29) is 10.6 Å². The molecule has 0 aliphatic carbocycles. The Morgan fingerprint density at radius 2 is 2.05 bits per heavy atom. The van der Waals surface area contributed by atoms with Crippen molar-refractivity contribution in [2.45, 2.75) is 17.6 Å². The molecule has 0 saturated carbocycles. The first-order valence-corrected chi connectivity index (χ1v) is 7.23. The fraction of sp³-hybridized carbons (Fsp3) is 0.214. The summed E-state index contributed by atoms with van der Waals surface area (Å²) in [6.45, 7) is 2.57. The highest BCUT2D eigenvalue weighted by atomic mass is 32.2. The maximum Gasteiger partial charge on any atom is 0.292 e. The number of aromatic nitrogens is 1. The summed E-state index contributed by atoms with van der Waals surface area (Å²) < 4.78 is 0. The molecule has 1 aromatic heterocycles. The first-order valence-electron chi connectivity index (χ1n) is 6.24. The lowest BCUT2D eigenvalue weighted by molar-refractivity contribution is -0.384. The summed E-state index contributed by atoms with van der Waals surface area (Å²) in [5.41, 5.74) is 1.62. The van der Waals surface area contributed by atoms with E-state index in [1.54, 1.807) is 36.3 Å². The van der Waals surface area contributed by atoms with E-state index in [1.165, 1.54) is 0 Å². The van der Waals surface area contributed by atoms with Crippen LogP contribution in [0.25, 0.3) is 0 Å². The van der Waals surface area contributed by atoms with Crippen molar-refractivity contribution in [1.82, 2.24) is 4.98 Å². The normalized spacial score (nSPS) is 10.2. The second-order valence-electron chi connectivity index (χ2n) is 4.11. The van der Waals surface area contributed by atoms with Crippen molar-refractivity contribution < 1.29 is 4.92 Å². The van der Waals surface area contributed by atoms with Crippen molar-refractivity contribution in [3.05, 3.63) is 58.4 Å². The van der Waals surface area contributed by atoms with E-state index in [0.29, 0.717) is 18.0 Å². The lowest BCUT2D eigenvalue weighted by Crippen LogP contribution is -2.01. The molecular formula is C14H15N3O2S. The summed E-state index contributed by atoms with van der Waals surface area (Å²) in [5.74, 6) is 0.692. The molecule has 6 heteroatoms. The highest BCUT2D eigenvalue weighted by Gasteiger charge is 2.13. The van der Waals surface area contributed by atoms with Gasteiger partial charge in [-0.1, -0.05) is 6.07 Å². The summed E-state index contributed by atoms with van der Waals surface area (Å²) in [6.07, 6.45) is 3.47. The minimum absolute atomic E-state index is 0.125. The number of nitro benzene ring substituents is 1. The van der Waals surface area contributed by atoms with E-state index >= 15 is 0 Å². The van der Waals surface area contributed by atoms with Gasteiger partial charge in [0, 0.05) is 35.7 Å². The van der Waals surface area contributed by atoms with E-state index in [0.717, 1.165) is 10.5 Å². The average molecular weight is 289 g/mol. The van der Waals surface area contributed by atoms with Crippen LogP contribution in [0.2, 0.25) is 0 Å². The Morgan fingerprint density at radius 3 is 2.70 bits per heavy atom. The molecule has 0 amide bonds. The number of rotatable bonds is 6. The van der Waals surface area contributed by atoms with E-state index in [9.17, 15) is 10.1 Å². The number of hydrogen-bond acceptors (Lipinski definition) is 5. The SMILES string of the molecule is CCNc1ccc(CSc2ccncc2)cc1[N+](=O)[O-]. The molecule has 5 nitrogen and oxygen atoms in total. The van der Waals surface area contributed by atoms with Crippen LogP contribution >= 0.6 is 11.8 Å². The molecule has 1 heterocycles. The van der Waals surface area contributed by atoms with Gasteiger partial charge in [0.15, 0.2) is 0 Å². The van der Waals surface area contributed by atoms with Gasteiger partial charge in [-0.2, -0.15) is 0 Å². The van der Waals surface area contributed by atoms with Crippen LogP contribution in [0.5, 0.6) is 0 Å². The molecule has 20 heavy (non-hydrogen) atoms. The highest BCUT2D eigenvalue weighted by Crippen LogP contribution is 2.29. The molecule has 1 aromatic carbocycles.